The third kappa shape index (κ3) is 14.8. The van der Waals surface area contributed by atoms with Gasteiger partial charge in [0.2, 0.25) is 0 Å². The molecule has 0 aromatic rings. The molecule has 0 atom stereocenters. The van der Waals surface area contributed by atoms with Crippen LogP contribution in [0, 0.1) is 0 Å². The number of nitrogens with one attached hydrogen (secondary N) is 2. The molecule has 0 spiro atoms. The lowest BCUT2D eigenvalue weighted by molar-refractivity contribution is 0.658. The lowest BCUT2D eigenvalue weighted by Gasteiger charge is -2.07. The first kappa shape index (κ1) is 22.6. The topological polar surface area (TPSA) is 24.1 Å². The predicted molar refractivity (Wildman–Crippen MR) is 103 cm³/mol. The second kappa shape index (κ2) is 19.4. The average Bonchev–Trinajstić information content (AvgIpc) is 2.55. The summed E-state index contributed by atoms with van der Waals surface area (Å²) in [7, 11) is 0. The maximum absolute atomic E-state index is 3.81. The summed E-state index contributed by atoms with van der Waals surface area (Å²) in [6.07, 6.45) is 16.0. The Morgan fingerprint density at radius 3 is 1.91 bits per heavy atom. The van der Waals surface area contributed by atoms with E-state index in [2.05, 4.69) is 35.9 Å². The highest BCUT2D eigenvalue weighted by molar-refractivity contribution is 5.24. The molecule has 2 heteroatoms. The first-order valence-corrected chi connectivity index (χ1v) is 8.08. The molecule has 0 aliphatic carbocycles. The van der Waals surface area contributed by atoms with E-state index in [9.17, 15) is 0 Å². The first-order chi connectivity index (χ1) is 10.8. The zero-order valence-electron chi connectivity index (χ0n) is 14.9. The van der Waals surface area contributed by atoms with Gasteiger partial charge in [-0.1, -0.05) is 75.6 Å². The van der Waals surface area contributed by atoms with Crippen molar-refractivity contribution in [2.75, 3.05) is 26.2 Å². The highest BCUT2D eigenvalue weighted by Crippen LogP contribution is 1.95. The molecule has 0 aliphatic heterocycles. The van der Waals surface area contributed by atoms with E-state index in [0.717, 1.165) is 26.2 Å². The van der Waals surface area contributed by atoms with Crippen molar-refractivity contribution in [3.05, 3.63) is 72.9 Å². The fraction of sp³-hybridized carbons (Fsp3) is 0.400. The summed E-state index contributed by atoms with van der Waals surface area (Å²) in [5, 5.41) is 6.79. The Bertz CT molecular complexity index is 385. The molecule has 0 radical (unpaired) electrons. The van der Waals surface area contributed by atoms with Gasteiger partial charge in [0.25, 0.3) is 0 Å². The maximum Gasteiger partial charge on any atom is 0.0205 e. The van der Waals surface area contributed by atoms with Crippen molar-refractivity contribution >= 4 is 0 Å². The number of hydrogen-bond donors (Lipinski definition) is 2. The van der Waals surface area contributed by atoms with Crippen LogP contribution in [0.25, 0.3) is 0 Å². The number of allylic oxidation sites excluding steroid dienone is 6. The van der Waals surface area contributed by atoms with E-state index < -0.39 is 0 Å². The Hall–Kier alpha value is -1.64. The molecule has 0 unspecified atom stereocenters. The van der Waals surface area contributed by atoms with Crippen LogP contribution in [0.1, 0.15) is 27.7 Å². The Kier molecular flexibility index (Phi) is 19.9. The van der Waals surface area contributed by atoms with Crippen molar-refractivity contribution < 1.29 is 0 Å². The first-order valence-electron chi connectivity index (χ1n) is 8.08. The zero-order chi connectivity index (χ0) is 17.1. The van der Waals surface area contributed by atoms with E-state index in [1.54, 1.807) is 0 Å². The van der Waals surface area contributed by atoms with Gasteiger partial charge in [-0.15, -0.1) is 0 Å². The normalized spacial score (nSPS) is 12.4. The second-order valence-corrected chi connectivity index (χ2v) is 4.30. The molecule has 0 amide bonds. The third-order valence-corrected chi connectivity index (χ3v) is 2.61. The summed E-state index contributed by atoms with van der Waals surface area (Å²) < 4.78 is 0. The van der Waals surface area contributed by atoms with Crippen LogP contribution in [0.4, 0.5) is 0 Å². The standard InChI is InChI=1S/C18H28N2.C2H6/c1-5-9-12-17(8-4)15-19-13-14-20-16-18(10-6-2)11-7-3;1-2/h5-12,19-20H,2,4,13-16H2,1,3H3;1-2H3/b9-5-,11-7-,17-12+,18-10+;. The Labute approximate surface area is 138 Å². The van der Waals surface area contributed by atoms with Gasteiger partial charge in [0.1, 0.15) is 0 Å². The van der Waals surface area contributed by atoms with E-state index in [-0.39, 0.29) is 0 Å². The predicted octanol–water partition coefficient (Wildman–Crippen LogP) is 4.57. The summed E-state index contributed by atoms with van der Waals surface area (Å²) in [5.41, 5.74) is 2.44. The zero-order valence-corrected chi connectivity index (χ0v) is 14.9. The van der Waals surface area contributed by atoms with Crippen molar-refractivity contribution in [2.24, 2.45) is 0 Å². The van der Waals surface area contributed by atoms with Crippen molar-refractivity contribution in [3.63, 3.8) is 0 Å². The largest absolute Gasteiger partial charge is 0.311 e. The molecule has 0 saturated heterocycles. The fourth-order valence-electron chi connectivity index (χ4n) is 1.60. The molecule has 2 N–H and O–H groups in total. The molecule has 0 aromatic carbocycles. The molecule has 0 heterocycles. The van der Waals surface area contributed by atoms with Crippen molar-refractivity contribution in [1.29, 1.82) is 0 Å². The van der Waals surface area contributed by atoms with Gasteiger partial charge in [-0.05, 0) is 25.0 Å². The van der Waals surface area contributed by atoms with Crippen LogP contribution in [0.15, 0.2) is 72.9 Å². The number of rotatable bonds is 11. The Morgan fingerprint density at radius 2 is 1.45 bits per heavy atom. The van der Waals surface area contributed by atoms with Crippen LogP contribution < -0.4 is 10.6 Å². The quantitative estimate of drug-likeness (QED) is 0.431. The molecule has 0 aliphatic rings. The molecular formula is C20H34N2. The minimum atomic E-state index is 0.847. The monoisotopic (exact) mass is 302 g/mol. The minimum absolute atomic E-state index is 0.847. The smallest absolute Gasteiger partial charge is 0.0205 e. The van der Waals surface area contributed by atoms with Crippen molar-refractivity contribution in [2.45, 2.75) is 27.7 Å². The van der Waals surface area contributed by atoms with Crippen LogP contribution in [-0.2, 0) is 0 Å². The SMILES string of the molecule is C=C/C=C(\C=C/C)CNCCNC/C(C=C)=C/C=C\C.CC. The van der Waals surface area contributed by atoms with Gasteiger partial charge in [-0.2, -0.15) is 0 Å². The lowest BCUT2D eigenvalue weighted by atomic mass is 10.2. The molecule has 0 aromatic heterocycles. The third-order valence-electron chi connectivity index (χ3n) is 2.61. The Balaban J connectivity index is 0. The van der Waals surface area contributed by atoms with Crippen LogP contribution >= 0.6 is 0 Å². The van der Waals surface area contributed by atoms with E-state index >= 15 is 0 Å². The van der Waals surface area contributed by atoms with Gasteiger partial charge < -0.3 is 10.6 Å². The van der Waals surface area contributed by atoms with Gasteiger partial charge in [0, 0.05) is 26.2 Å². The minimum Gasteiger partial charge on any atom is -0.311 e. The van der Waals surface area contributed by atoms with Crippen molar-refractivity contribution in [3.8, 4) is 0 Å². The van der Waals surface area contributed by atoms with E-state index in [0.29, 0.717) is 0 Å². The highest BCUT2D eigenvalue weighted by atomic mass is 14.9. The maximum atomic E-state index is 3.81. The van der Waals surface area contributed by atoms with Crippen LogP contribution in [0.3, 0.4) is 0 Å². The summed E-state index contributed by atoms with van der Waals surface area (Å²) in [6, 6.07) is 0. The highest BCUT2D eigenvalue weighted by Gasteiger charge is 1.93. The second-order valence-electron chi connectivity index (χ2n) is 4.30. The van der Waals surface area contributed by atoms with Gasteiger partial charge in [0.15, 0.2) is 0 Å². The summed E-state index contributed by atoms with van der Waals surface area (Å²) in [5.74, 6) is 0. The molecule has 0 fully saturated rings. The molecule has 124 valence electrons. The molecular weight excluding hydrogens is 268 g/mol. The van der Waals surface area contributed by atoms with Crippen LogP contribution in [0.5, 0.6) is 0 Å². The van der Waals surface area contributed by atoms with E-state index in [1.165, 1.54) is 11.1 Å². The van der Waals surface area contributed by atoms with Gasteiger partial charge in [-0.25, -0.2) is 0 Å². The van der Waals surface area contributed by atoms with Crippen LogP contribution in [0.2, 0.25) is 0 Å². The molecule has 0 rings (SSSR count). The number of hydrogen-bond acceptors (Lipinski definition) is 2. The van der Waals surface area contributed by atoms with Gasteiger partial charge in [-0.3, -0.25) is 0 Å². The lowest BCUT2D eigenvalue weighted by Crippen LogP contribution is -2.29. The molecule has 2 nitrogen and oxygen atoms in total. The van der Waals surface area contributed by atoms with Crippen molar-refractivity contribution in [1.82, 2.24) is 10.6 Å². The molecule has 0 bridgehead atoms. The summed E-state index contributed by atoms with van der Waals surface area (Å²) in [6.45, 7) is 19.1. The molecule has 22 heavy (non-hydrogen) atoms. The molecule has 0 saturated carbocycles. The summed E-state index contributed by atoms with van der Waals surface area (Å²) >= 11 is 0. The van der Waals surface area contributed by atoms with Gasteiger partial charge in [0.05, 0.1) is 0 Å². The van der Waals surface area contributed by atoms with E-state index in [1.807, 2.05) is 64.2 Å². The van der Waals surface area contributed by atoms with Crippen LogP contribution in [-0.4, -0.2) is 26.2 Å². The Morgan fingerprint density at radius 1 is 0.864 bits per heavy atom. The fourth-order valence-corrected chi connectivity index (χ4v) is 1.60. The average molecular weight is 303 g/mol. The van der Waals surface area contributed by atoms with Gasteiger partial charge >= 0.3 is 0 Å². The summed E-state index contributed by atoms with van der Waals surface area (Å²) in [4.78, 5) is 0. The van der Waals surface area contributed by atoms with E-state index in [4.69, 9.17) is 0 Å².